The van der Waals surface area contributed by atoms with Crippen LogP contribution in [0.2, 0.25) is 0 Å². The predicted molar refractivity (Wildman–Crippen MR) is 90.5 cm³/mol. The first-order valence-electron chi connectivity index (χ1n) is 7.58. The third kappa shape index (κ3) is 3.85. The van der Waals surface area contributed by atoms with Crippen LogP contribution in [0.25, 0.3) is 0 Å². The van der Waals surface area contributed by atoms with Gasteiger partial charge < -0.3 is 9.64 Å². The minimum Gasteiger partial charge on any atom is -0.380 e. The van der Waals surface area contributed by atoms with Gasteiger partial charge in [0.2, 0.25) is 0 Å². The Kier molecular flexibility index (Phi) is 5.40. The van der Waals surface area contributed by atoms with Crippen LogP contribution in [-0.2, 0) is 4.74 Å². The van der Waals surface area contributed by atoms with E-state index < -0.39 is 0 Å². The van der Waals surface area contributed by atoms with Crippen molar-refractivity contribution in [2.75, 3.05) is 18.6 Å². The van der Waals surface area contributed by atoms with Gasteiger partial charge in [0, 0.05) is 25.0 Å². The SMILES string of the molecule is CCC(CN(c1ccccc1)c1ccc(C)cc1C)OC. The number of benzene rings is 2. The normalized spacial score (nSPS) is 12.2. The molecule has 2 aromatic carbocycles. The van der Waals surface area contributed by atoms with E-state index in [1.807, 2.05) is 0 Å². The highest BCUT2D eigenvalue weighted by Crippen LogP contribution is 2.29. The molecule has 112 valence electrons. The molecule has 2 rings (SSSR count). The largest absolute Gasteiger partial charge is 0.380 e. The summed E-state index contributed by atoms with van der Waals surface area (Å²) in [6.07, 6.45) is 1.23. The fourth-order valence-corrected chi connectivity index (χ4v) is 2.63. The first-order valence-corrected chi connectivity index (χ1v) is 7.58. The summed E-state index contributed by atoms with van der Waals surface area (Å²) in [7, 11) is 1.79. The van der Waals surface area contributed by atoms with Crippen molar-refractivity contribution in [3.63, 3.8) is 0 Å². The highest BCUT2D eigenvalue weighted by molar-refractivity contribution is 5.66. The van der Waals surface area contributed by atoms with Gasteiger partial charge in [0.1, 0.15) is 0 Å². The second-order valence-corrected chi connectivity index (χ2v) is 5.50. The number of rotatable bonds is 6. The van der Waals surface area contributed by atoms with Crippen LogP contribution in [0.4, 0.5) is 11.4 Å². The van der Waals surface area contributed by atoms with Gasteiger partial charge in [-0.05, 0) is 44.0 Å². The van der Waals surface area contributed by atoms with E-state index in [1.54, 1.807) is 7.11 Å². The molecular weight excluding hydrogens is 258 g/mol. The zero-order valence-corrected chi connectivity index (χ0v) is 13.5. The molecular formula is C19H25NO. The zero-order chi connectivity index (χ0) is 15.2. The van der Waals surface area contributed by atoms with Crippen LogP contribution < -0.4 is 4.90 Å². The Balaban J connectivity index is 2.40. The second-order valence-electron chi connectivity index (χ2n) is 5.50. The molecule has 1 unspecified atom stereocenters. The van der Waals surface area contributed by atoms with Crippen LogP contribution in [0.1, 0.15) is 24.5 Å². The maximum atomic E-state index is 5.59. The van der Waals surface area contributed by atoms with E-state index in [0.29, 0.717) is 0 Å². The first-order chi connectivity index (χ1) is 10.2. The van der Waals surface area contributed by atoms with Gasteiger partial charge in [-0.3, -0.25) is 0 Å². The van der Waals surface area contributed by atoms with Crippen molar-refractivity contribution < 1.29 is 4.74 Å². The second kappa shape index (κ2) is 7.28. The monoisotopic (exact) mass is 283 g/mol. The average Bonchev–Trinajstić information content (AvgIpc) is 2.50. The molecule has 2 heteroatoms. The lowest BCUT2D eigenvalue weighted by molar-refractivity contribution is 0.106. The Morgan fingerprint density at radius 3 is 2.33 bits per heavy atom. The smallest absolute Gasteiger partial charge is 0.0747 e. The molecule has 0 aromatic heterocycles. The minimum atomic E-state index is 0.228. The van der Waals surface area contributed by atoms with Gasteiger partial charge >= 0.3 is 0 Å². The summed E-state index contributed by atoms with van der Waals surface area (Å²) in [6, 6.07) is 17.1. The van der Waals surface area contributed by atoms with E-state index in [9.17, 15) is 0 Å². The molecule has 0 N–H and O–H groups in total. The molecule has 0 fully saturated rings. The Labute approximate surface area is 128 Å². The number of aryl methyl sites for hydroxylation is 2. The summed E-state index contributed by atoms with van der Waals surface area (Å²) < 4.78 is 5.59. The van der Waals surface area contributed by atoms with Gasteiger partial charge in [0.05, 0.1) is 6.10 Å². The van der Waals surface area contributed by atoms with E-state index in [2.05, 4.69) is 74.2 Å². The molecule has 0 amide bonds. The quantitative estimate of drug-likeness (QED) is 0.750. The molecule has 0 aliphatic heterocycles. The molecule has 0 saturated heterocycles. The number of anilines is 2. The zero-order valence-electron chi connectivity index (χ0n) is 13.5. The molecule has 1 atom stereocenters. The standard InChI is InChI=1S/C19H25NO/c1-5-18(21-4)14-20(17-9-7-6-8-10-17)19-12-11-15(2)13-16(19)3/h6-13,18H,5,14H2,1-4H3. The number of ether oxygens (including phenoxy) is 1. The third-order valence-electron chi connectivity index (χ3n) is 3.89. The molecule has 0 bridgehead atoms. The Hall–Kier alpha value is -1.80. The maximum absolute atomic E-state index is 5.59. The van der Waals surface area contributed by atoms with E-state index in [-0.39, 0.29) is 6.10 Å². The molecule has 0 aliphatic carbocycles. The number of methoxy groups -OCH3 is 1. The summed E-state index contributed by atoms with van der Waals surface area (Å²) in [5.74, 6) is 0. The van der Waals surface area contributed by atoms with E-state index in [4.69, 9.17) is 4.74 Å². The predicted octanol–water partition coefficient (Wildman–Crippen LogP) is 4.87. The fourth-order valence-electron chi connectivity index (χ4n) is 2.63. The molecule has 21 heavy (non-hydrogen) atoms. The summed E-state index contributed by atoms with van der Waals surface area (Å²) in [6.45, 7) is 7.33. The van der Waals surface area contributed by atoms with Crippen molar-refractivity contribution in [3.8, 4) is 0 Å². The van der Waals surface area contributed by atoms with Crippen LogP contribution in [0.15, 0.2) is 48.5 Å². The van der Waals surface area contributed by atoms with Gasteiger partial charge in [-0.25, -0.2) is 0 Å². The van der Waals surface area contributed by atoms with E-state index in [0.717, 1.165) is 13.0 Å². The van der Waals surface area contributed by atoms with Gasteiger partial charge in [-0.15, -0.1) is 0 Å². The summed E-state index contributed by atoms with van der Waals surface area (Å²) >= 11 is 0. The van der Waals surface area contributed by atoms with Gasteiger partial charge in [-0.2, -0.15) is 0 Å². The van der Waals surface area contributed by atoms with Gasteiger partial charge in [0.15, 0.2) is 0 Å². The maximum Gasteiger partial charge on any atom is 0.0747 e. The molecule has 2 aromatic rings. The summed E-state index contributed by atoms with van der Waals surface area (Å²) in [5, 5.41) is 0. The number of hydrogen-bond acceptors (Lipinski definition) is 2. The lowest BCUT2D eigenvalue weighted by atomic mass is 10.1. The third-order valence-corrected chi connectivity index (χ3v) is 3.89. The highest BCUT2D eigenvalue weighted by Gasteiger charge is 2.16. The van der Waals surface area contributed by atoms with Crippen LogP contribution in [-0.4, -0.2) is 19.8 Å². The van der Waals surface area contributed by atoms with Crippen molar-refractivity contribution >= 4 is 11.4 Å². The Morgan fingerprint density at radius 2 is 1.76 bits per heavy atom. The minimum absolute atomic E-state index is 0.228. The Bertz CT molecular complexity index is 561. The number of hydrogen-bond donors (Lipinski definition) is 0. The van der Waals surface area contributed by atoms with Crippen molar-refractivity contribution in [1.82, 2.24) is 0 Å². The van der Waals surface area contributed by atoms with Crippen molar-refractivity contribution in [2.45, 2.75) is 33.3 Å². The van der Waals surface area contributed by atoms with E-state index in [1.165, 1.54) is 22.5 Å². The topological polar surface area (TPSA) is 12.5 Å². The van der Waals surface area contributed by atoms with Gasteiger partial charge in [-0.1, -0.05) is 42.8 Å². The number of nitrogens with zero attached hydrogens (tertiary/aromatic N) is 1. The van der Waals surface area contributed by atoms with Crippen molar-refractivity contribution in [2.24, 2.45) is 0 Å². The Morgan fingerprint density at radius 1 is 1.05 bits per heavy atom. The number of para-hydroxylation sites is 1. The fraction of sp³-hybridized carbons (Fsp3) is 0.368. The van der Waals surface area contributed by atoms with Crippen LogP contribution in [0, 0.1) is 13.8 Å². The van der Waals surface area contributed by atoms with Crippen LogP contribution >= 0.6 is 0 Å². The van der Waals surface area contributed by atoms with E-state index >= 15 is 0 Å². The summed E-state index contributed by atoms with van der Waals surface area (Å²) in [4.78, 5) is 2.35. The first kappa shape index (κ1) is 15.6. The molecule has 2 nitrogen and oxygen atoms in total. The van der Waals surface area contributed by atoms with Gasteiger partial charge in [0.25, 0.3) is 0 Å². The molecule has 0 spiro atoms. The van der Waals surface area contributed by atoms with Crippen LogP contribution in [0.3, 0.4) is 0 Å². The van der Waals surface area contributed by atoms with Crippen molar-refractivity contribution in [1.29, 1.82) is 0 Å². The lowest BCUT2D eigenvalue weighted by Crippen LogP contribution is -2.30. The highest BCUT2D eigenvalue weighted by atomic mass is 16.5. The van der Waals surface area contributed by atoms with Crippen molar-refractivity contribution in [3.05, 3.63) is 59.7 Å². The van der Waals surface area contributed by atoms with Crippen LogP contribution in [0.5, 0.6) is 0 Å². The molecule has 0 heterocycles. The summed E-state index contributed by atoms with van der Waals surface area (Å²) in [5.41, 5.74) is 5.05. The average molecular weight is 283 g/mol. The lowest BCUT2D eigenvalue weighted by Gasteiger charge is -2.30. The molecule has 0 saturated carbocycles. The molecule has 0 radical (unpaired) electrons. The molecule has 0 aliphatic rings.